The fraction of sp³-hybridized carbons (Fsp3) is 0.917. The second-order valence-corrected chi connectivity index (χ2v) is 4.96. The standard InChI is InChI=1S/C12H21NO2/c1-15-11(14)12(7-3-2-4-8-12)13-9-10-5-6-10/h10,13H,2-9H2,1H3. The van der Waals surface area contributed by atoms with E-state index in [1.54, 1.807) is 0 Å². The largest absolute Gasteiger partial charge is 0.468 e. The topological polar surface area (TPSA) is 38.3 Å². The van der Waals surface area contributed by atoms with E-state index in [2.05, 4.69) is 5.32 Å². The van der Waals surface area contributed by atoms with Gasteiger partial charge in [-0.1, -0.05) is 19.3 Å². The van der Waals surface area contributed by atoms with Gasteiger partial charge in [0.1, 0.15) is 5.54 Å². The molecule has 2 saturated carbocycles. The molecule has 2 rings (SSSR count). The van der Waals surface area contributed by atoms with Gasteiger partial charge in [0.05, 0.1) is 7.11 Å². The number of rotatable bonds is 4. The molecule has 0 aromatic rings. The van der Waals surface area contributed by atoms with Gasteiger partial charge in [0.25, 0.3) is 0 Å². The lowest BCUT2D eigenvalue weighted by molar-refractivity contribution is -0.150. The zero-order chi connectivity index (χ0) is 10.7. The van der Waals surface area contributed by atoms with Gasteiger partial charge in [0.15, 0.2) is 0 Å². The van der Waals surface area contributed by atoms with Crippen LogP contribution in [0.3, 0.4) is 0 Å². The lowest BCUT2D eigenvalue weighted by Crippen LogP contribution is -2.54. The summed E-state index contributed by atoms with van der Waals surface area (Å²) in [6, 6.07) is 0. The van der Waals surface area contributed by atoms with Crippen molar-refractivity contribution in [3.05, 3.63) is 0 Å². The van der Waals surface area contributed by atoms with Crippen molar-refractivity contribution in [3.63, 3.8) is 0 Å². The van der Waals surface area contributed by atoms with Gasteiger partial charge in [-0.2, -0.15) is 0 Å². The number of esters is 1. The van der Waals surface area contributed by atoms with E-state index >= 15 is 0 Å². The molecule has 0 bridgehead atoms. The molecule has 0 aliphatic heterocycles. The highest BCUT2D eigenvalue weighted by atomic mass is 16.5. The smallest absolute Gasteiger partial charge is 0.326 e. The van der Waals surface area contributed by atoms with Gasteiger partial charge < -0.3 is 10.1 Å². The fourth-order valence-corrected chi connectivity index (χ4v) is 2.47. The molecule has 86 valence electrons. The van der Waals surface area contributed by atoms with Crippen molar-refractivity contribution in [2.45, 2.75) is 50.5 Å². The first-order valence-electron chi connectivity index (χ1n) is 6.10. The number of methoxy groups -OCH3 is 1. The second kappa shape index (κ2) is 4.52. The van der Waals surface area contributed by atoms with Gasteiger partial charge in [-0.3, -0.25) is 4.79 Å². The molecule has 1 N–H and O–H groups in total. The monoisotopic (exact) mass is 211 g/mol. The number of carbonyl (C=O) groups is 1. The average Bonchev–Trinajstić information content (AvgIpc) is 3.10. The lowest BCUT2D eigenvalue weighted by Gasteiger charge is -2.35. The predicted octanol–water partition coefficient (Wildman–Crippen LogP) is 1.86. The molecular weight excluding hydrogens is 190 g/mol. The summed E-state index contributed by atoms with van der Waals surface area (Å²) >= 11 is 0. The lowest BCUT2D eigenvalue weighted by atomic mass is 9.81. The Morgan fingerprint density at radius 1 is 1.33 bits per heavy atom. The van der Waals surface area contributed by atoms with Crippen molar-refractivity contribution in [3.8, 4) is 0 Å². The molecular formula is C12H21NO2. The van der Waals surface area contributed by atoms with Crippen LogP contribution in [-0.4, -0.2) is 25.2 Å². The number of carbonyl (C=O) groups excluding carboxylic acids is 1. The van der Waals surface area contributed by atoms with Crippen molar-refractivity contribution < 1.29 is 9.53 Å². The van der Waals surface area contributed by atoms with Crippen LogP contribution in [0.5, 0.6) is 0 Å². The van der Waals surface area contributed by atoms with Gasteiger partial charge >= 0.3 is 5.97 Å². The summed E-state index contributed by atoms with van der Waals surface area (Å²) in [6.07, 6.45) is 8.09. The maximum Gasteiger partial charge on any atom is 0.326 e. The highest BCUT2D eigenvalue weighted by molar-refractivity contribution is 5.80. The number of hydrogen-bond acceptors (Lipinski definition) is 3. The first kappa shape index (κ1) is 10.9. The second-order valence-electron chi connectivity index (χ2n) is 4.96. The van der Waals surface area contributed by atoms with Crippen LogP contribution in [0.25, 0.3) is 0 Å². The van der Waals surface area contributed by atoms with E-state index in [-0.39, 0.29) is 11.5 Å². The van der Waals surface area contributed by atoms with Gasteiger partial charge in [-0.05, 0) is 38.1 Å². The third-order valence-corrected chi connectivity index (χ3v) is 3.71. The van der Waals surface area contributed by atoms with Crippen LogP contribution in [-0.2, 0) is 9.53 Å². The SMILES string of the molecule is COC(=O)C1(NCC2CC2)CCCCC1. The van der Waals surface area contributed by atoms with E-state index in [9.17, 15) is 4.79 Å². The molecule has 0 heterocycles. The third kappa shape index (κ3) is 2.51. The van der Waals surface area contributed by atoms with Crippen LogP contribution < -0.4 is 5.32 Å². The average molecular weight is 211 g/mol. The molecule has 0 spiro atoms. The Labute approximate surface area is 91.6 Å². The third-order valence-electron chi connectivity index (χ3n) is 3.71. The van der Waals surface area contributed by atoms with Gasteiger partial charge in [0.2, 0.25) is 0 Å². The van der Waals surface area contributed by atoms with E-state index in [0.29, 0.717) is 0 Å². The van der Waals surface area contributed by atoms with E-state index in [1.165, 1.54) is 26.4 Å². The Balaban J connectivity index is 1.95. The van der Waals surface area contributed by atoms with Crippen LogP contribution >= 0.6 is 0 Å². The minimum atomic E-state index is -0.352. The van der Waals surface area contributed by atoms with Crippen LogP contribution in [0.4, 0.5) is 0 Å². The summed E-state index contributed by atoms with van der Waals surface area (Å²) in [6.45, 7) is 0.995. The van der Waals surface area contributed by atoms with Crippen LogP contribution in [0.15, 0.2) is 0 Å². The zero-order valence-corrected chi connectivity index (χ0v) is 9.55. The van der Waals surface area contributed by atoms with Crippen molar-refractivity contribution >= 4 is 5.97 Å². The maximum absolute atomic E-state index is 11.8. The number of nitrogens with one attached hydrogen (secondary N) is 1. The molecule has 3 nitrogen and oxygen atoms in total. The molecule has 0 saturated heterocycles. The molecule has 3 heteroatoms. The fourth-order valence-electron chi connectivity index (χ4n) is 2.47. The van der Waals surface area contributed by atoms with Crippen LogP contribution in [0.1, 0.15) is 44.9 Å². The molecule has 0 aromatic carbocycles. The highest BCUT2D eigenvalue weighted by Crippen LogP contribution is 2.32. The Bertz CT molecular complexity index is 230. The Kier molecular flexibility index (Phi) is 3.29. The minimum Gasteiger partial charge on any atom is -0.468 e. The van der Waals surface area contributed by atoms with Crippen molar-refractivity contribution in [1.82, 2.24) is 5.32 Å². The van der Waals surface area contributed by atoms with Gasteiger partial charge in [-0.25, -0.2) is 0 Å². The number of ether oxygens (including phenoxy) is 1. The van der Waals surface area contributed by atoms with E-state index in [4.69, 9.17) is 4.74 Å². The molecule has 2 aliphatic rings. The summed E-state index contributed by atoms with van der Waals surface area (Å²) in [5, 5.41) is 3.47. The molecule has 0 unspecified atom stereocenters. The van der Waals surface area contributed by atoms with Gasteiger partial charge in [0, 0.05) is 0 Å². The molecule has 15 heavy (non-hydrogen) atoms. The highest BCUT2D eigenvalue weighted by Gasteiger charge is 2.41. The van der Waals surface area contributed by atoms with Crippen LogP contribution in [0.2, 0.25) is 0 Å². The minimum absolute atomic E-state index is 0.0529. The Morgan fingerprint density at radius 3 is 2.53 bits per heavy atom. The predicted molar refractivity (Wildman–Crippen MR) is 58.6 cm³/mol. The normalized spacial score (nSPS) is 24.9. The molecule has 0 radical (unpaired) electrons. The van der Waals surface area contributed by atoms with Gasteiger partial charge in [-0.15, -0.1) is 0 Å². The molecule has 2 aliphatic carbocycles. The summed E-state index contributed by atoms with van der Waals surface area (Å²) < 4.78 is 4.94. The summed E-state index contributed by atoms with van der Waals surface area (Å²) in [4.78, 5) is 11.8. The van der Waals surface area contributed by atoms with Crippen molar-refractivity contribution in [2.75, 3.05) is 13.7 Å². The first-order chi connectivity index (χ1) is 7.27. The van der Waals surface area contributed by atoms with Crippen molar-refractivity contribution in [2.24, 2.45) is 5.92 Å². The van der Waals surface area contributed by atoms with E-state index in [0.717, 1.165) is 38.1 Å². The summed E-state index contributed by atoms with van der Waals surface area (Å²) in [7, 11) is 1.50. The van der Waals surface area contributed by atoms with Crippen molar-refractivity contribution in [1.29, 1.82) is 0 Å². The summed E-state index contributed by atoms with van der Waals surface area (Å²) in [5.41, 5.74) is -0.352. The van der Waals surface area contributed by atoms with Crippen LogP contribution in [0, 0.1) is 5.92 Å². The number of hydrogen-bond donors (Lipinski definition) is 1. The molecule has 0 aromatic heterocycles. The van der Waals surface area contributed by atoms with E-state index < -0.39 is 0 Å². The van der Waals surface area contributed by atoms with E-state index in [1.807, 2.05) is 0 Å². The maximum atomic E-state index is 11.8. The Morgan fingerprint density at radius 2 is 2.00 bits per heavy atom. The quantitative estimate of drug-likeness (QED) is 0.721. The molecule has 2 fully saturated rings. The zero-order valence-electron chi connectivity index (χ0n) is 9.55. The first-order valence-corrected chi connectivity index (χ1v) is 6.10. The summed E-state index contributed by atoms with van der Waals surface area (Å²) in [5.74, 6) is 0.760. The molecule has 0 amide bonds. The molecule has 0 atom stereocenters. The Hall–Kier alpha value is -0.570.